The molecule has 0 aliphatic heterocycles. The van der Waals surface area contributed by atoms with Gasteiger partial charge in [-0.25, -0.2) is 9.78 Å². The van der Waals surface area contributed by atoms with E-state index in [1.807, 2.05) is 164 Å². The summed E-state index contributed by atoms with van der Waals surface area (Å²) in [5.41, 5.74) is 9.04. The molecule has 25 heteroatoms. The molecule has 8 aromatic heterocycles. The molecule has 3 N–H and O–H groups in total. The predicted octanol–water partition coefficient (Wildman–Crippen LogP) is 23.5. The number of tetrazole rings is 1. The van der Waals surface area contributed by atoms with Gasteiger partial charge in [0.05, 0.1) is 44.3 Å². The summed E-state index contributed by atoms with van der Waals surface area (Å²) in [7, 11) is 0. The van der Waals surface area contributed by atoms with E-state index in [0.717, 1.165) is 126 Å². The maximum atomic E-state index is 10.1. The molecule has 126 heavy (non-hydrogen) atoms. The Morgan fingerprint density at radius 3 is 0.873 bits per heavy atom. The molecule has 0 saturated carbocycles. The zero-order valence-corrected chi connectivity index (χ0v) is 82.9. The number of allylic oxidation sites excluding steroid dienone is 2. The van der Waals surface area contributed by atoms with Gasteiger partial charge in [0.1, 0.15) is 5.69 Å². The van der Waals surface area contributed by atoms with Crippen molar-refractivity contribution in [3.8, 4) is 68.0 Å². The van der Waals surface area contributed by atoms with Gasteiger partial charge < -0.3 is 59.3 Å². The van der Waals surface area contributed by atoms with Gasteiger partial charge >= 0.3 is 11.9 Å². The number of carbonyl (C=O) groups is 3. The quantitative estimate of drug-likeness (QED) is 0.0139. The average Bonchev–Trinajstić information content (AvgIpc) is 1.16. The topological polar surface area (TPSA) is 292 Å². The molecule has 12 rings (SSSR count). The second-order valence-electron chi connectivity index (χ2n) is 28.1. The maximum absolute atomic E-state index is 10.1. The van der Waals surface area contributed by atoms with Crippen LogP contribution in [0, 0.1) is 24.3 Å². The number of aliphatic hydroxyl groups excluding tert-OH is 1. The molecule has 4 aromatic carbocycles. The van der Waals surface area contributed by atoms with E-state index >= 15 is 0 Å². The summed E-state index contributed by atoms with van der Waals surface area (Å²) in [6, 6.07) is 75.6. The van der Waals surface area contributed by atoms with Crippen LogP contribution in [0.15, 0.2) is 255 Å². The molecule has 0 saturated heterocycles. The summed E-state index contributed by atoms with van der Waals surface area (Å²) >= 11 is 0. The zero-order valence-electron chi connectivity index (χ0n) is 73.3. The van der Waals surface area contributed by atoms with Crippen molar-refractivity contribution < 1.29 is 129 Å². The second-order valence-corrected chi connectivity index (χ2v) is 28.1. The number of ketones is 1. The number of hydrogen-bond acceptors (Lipinski definition) is 18. The second kappa shape index (κ2) is 76.2. The van der Waals surface area contributed by atoms with Crippen LogP contribution in [-0.2, 0) is 103 Å². The SMILES string of the molecule is CC(=O)C=C(C)O.CCCCCCCCOc1ccc[c-]c1-c1ccccn1.CCCCCCCCOc1ccc[c-]c1-c1ccccn1.CCCCCCCCOc1ccc[c-]c1-c1ccccn1.CCCCCCCCOc1ccc[c-]c1-c1ccccn1.O=C(O)Cc1ccccn1.O=C(O)c1ccccn1.[Ir].[Ir].[Ir].[Ir].c1ccc(Cc2nnn[n-]2)nc1. The van der Waals surface area contributed by atoms with Gasteiger partial charge in [-0.3, -0.25) is 29.9 Å². The van der Waals surface area contributed by atoms with E-state index in [-0.39, 0.29) is 104 Å². The predicted molar refractivity (Wildman–Crippen MR) is 484 cm³/mol. The van der Waals surface area contributed by atoms with Crippen LogP contribution in [0.1, 0.15) is 223 Å². The van der Waals surface area contributed by atoms with E-state index in [1.165, 1.54) is 161 Å². The first kappa shape index (κ1) is 114. The minimum absolute atomic E-state index is 0. The Hall–Kier alpha value is -10.1. The van der Waals surface area contributed by atoms with E-state index in [0.29, 0.717) is 17.9 Å². The van der Waals surface area contributed by atoms with E-state index in [2.05, 4.69) is 107 Å². The number of aromatic carboxylic acids is 1. The molecular formula is C101H122Ir4N11O10-5. The van der Waals surface area contributed by atoms with Crippen molar-refractivity contribution in [3.05, 3.63) is 303 Å². The molecule has 0 bridgehead atoms. The number of ether oxygens (including phenoxy) is 4. The molecule has 0 spiro atoms. The van der Waals surface area contributed by atoms with Gasteiger partial charge in [0.2, 0.25) is 0 Å². The number of rotatable bonds is 42. The number of hydrogen-bond donors (Lipinski definition) is 3. The number of aliphatic carboxylic acids is 1. The first-order chi connectivity index (χ1) is 59.8. The van der Waals surface area contributed by atoms with E-state index in [1.54, 1.807) is 67.5 Å². The van der Waals surface area contributed by atoms with Crippen molar-refractivity contribution in [2.75, 3.05) is 26.4 Å². The first-order valence-corrected chi connectivity index (χ1v) is 42.7. The molecule has 4 radical (unpaired) electrons. The van der Waals surface area contributed by atoms with Crippen LogP contribution in [-0.4, -0.2) is 110 Å². The Bertz CT molecular complexity index is 4260. The molecule has 0 unspecified atom stereocenters. The number of unbranched alkanes of at least 4 members (excludes halogenated alkanes) is 20. The van der Waals surface area contributed by atoms with Crippen LogP contribution >= 0.6 is 0 Å². The average molecular weight is 2420 g/mol. The number of carboxylic acid groups (broad SMARTS) is 2. The largest absolute Gasteiger partial charge is 0.537 e. The monoisotopic (exact) mass is 2420 g/mol. The number of aliphatic hydroxyl groups is 1. The van der Waals surface area contributed by atoms with Crippen molar-refractivity contribution in [2.24, 2.45) is 0 Å². The summed E-state index contributed by atoms with van der Waals surface area (Å²) < 4.78 is 23.7. The fraction of sp³-hybridized carbons (Fsp3) is 0.356. The van der Waals surface area contributed by atoms with Crippen LogP contribution in [0.25, 0.3) is 45.0 Å². The smallest absolute Gasteiger partial charge is 0.354 e. The molecule has 682 valence electrons. The number of pyridine rings is 7. The molecule has 12 aromatic rings. The number of benzene rings is 4. The van der Waals surface area contributed by atoms with Gasteiger partial charge in [-0.1, -0.05) is 245 Å². The third-order valence-corrected chi connectivity index (χ3v) is 17.8. The number of carboxylic acids is 2. The van der Waals surface area contributed by atoms with E-state index in [9.17, 15) is 14.4 Å². The number of nitrogens with zero attached hydrogens (tertiary/aromatic N) is 11. The van der Waals surface area contributed by atoms with Crippen LogP contribution in [0.5, 0.6) is 23.0 Å². The van der Waals surface area contributed by atoms with Gasteiger partial charge in [-0.05, 0) is 123 Å². The van der Waals surface area contributed by atoms with Crippen LogP contribution in [0.4, 0.5) is 0 Å². The molecular weight excluding hydrogens is 2300 g/mol. The molecule has 0 atom stereocenters. The van der Waals surface area contributed by atoms with Gasteiger partial charge in [0.25, 0.3) is 0 Å². The number of aromatic nitrogens is 11. The van der Waals surface area contributed by atoms with Crippen LogP contribution in [0.3, 0.4) is 0 Å². The Balaban J connectivity index is 0.000000734. The summed E-state index contributed by atoms with van der Waals surface area (Å²) in [5.74, 6) is 2.22. The van der Waals surface area contributed by atoms with E-state index < -0.39 is 11.9 Å². The first-order valence-electron chi connectivity index (χ1n) is 42.7. The summed E-state index contributed by atoms with van der Waals surface area (Å²) in [5, 5.41) is 39.2. The maximum Gasteiger partial charge on any atom is 0.354 e. The van der Waals surface area contributed by atoms with Crippen molar-refractivity contribution >= 4 is 17.7 Å². The Morgan fingerprint density at radius 1 is 0.349 bits per heavy atom. The Kier molecular flexibility index (Phi) is 68.9. The van der Waals surface area contributed by atoms with Crippen molar-refractivity contribution in [2.45, 2.75) is 208 Å². The third-order valence-electron chi connectivity index (χ3n) is 17.8. The normalized spacial score (nSPS) is 9.97. The van der Waals surface area contributed by atoms with Gasteiger partial charge in [-0.2, -0.15) is 5.21 Å². The van der Waals surface area contributed by atoms with Crippen LogP contribution in [0.2, 0.25) is 0 Å². The van der Waals surface area contributed by atoms with Gasteiger partial charge in [0, 0.05) is 171 Å². The minimum Gasteiger partial charge on any atom is -0.537 e. The van der Waals surface area contributed by atoms with Gasteiger partial charge in [-0.15, -0.1) is 97.1 Å². The Labute approximate surface area is 801 Å². The fourth-order valence-corrected chi connectivity index (χ4v) is 11.6. The van der Waals surface area contributed by atoms with Crippen molar-refractivity contribution in [1.82, 2.24) is 55.5 Å². The van der Waals surface area contributed by atoms with Gasteiger partial charge in [0.15, 0.2) is 5.78 Å². The standard InChI is InChI=1S/4C19H24NO.C7H6N5.C7H7NO2.C6H5NO2.C5H8O2.4Ir/c4*1-2-3-4-5-6-11-16-21-19-14-8-7-12-17(19)18-13-9-10-15-20-18;1-2-4-8-6(3-1)5-7-9-11-12-10-7;9-7(10)5-6-3-1-2-4-8-6;8-6(9)5-3-1-2-4-7-5;1-4(6)3-5(2)7;;;;/h4*7-10,13-15H,2-6,11,16H2,1H3;1-4H,5H2;1-4H,5H2,(H,9,10);1-4H,(H,8,9);3,6H,1-2H3;;;;/q5*-1;;;;;;;. The molecule has 21 nitrogen and oxygen atoms in total. The molecule has 0 fully saturated rings. The summed E-state index contributed by atoms with van der Waals surface area (Å²) in [4.78, 5) is 59.3. The fourth-order valence-electron chi connectivity index (χ4n) is 11.6. The Morgan fingerprint density at radius 2 is 0.643 bits per heavy atom. The van der Waals surface area contributed by atoms with Crippen molar-refractivity contribution in [3.63, 3.8) is 0 Å². The zero-order chi connectivity index (χ0) is 87.2. The molecule has 0 amide bonds. The minimum atomic E-state index is -0.990. The molecule has 0 aliphatic rings. The van der Waals surface area contributed by atoms with Crippen molar-refractivity contribution in [1.29, 1.82) is 0 Å². The van der Waals surface area contributed by atoms with Crippen LogP contribution < -0.4 is 24.0 Å². The summed E-state index contributed by atoms with van der Waals surface area (Å²) in [6.07, 6.45) is 44.3. The molecule has 8 heterocycles. The molecule has 0 aliphatic carbocycles. The van der Waals surface area contributed by atoms with E-state index in [4.69, 9.17) is 34.3 Å². The number of carbonyl (C=O) groups excluding carboxylic acids is 1. The summed E-state index contributed by atoms with van der Waals surface area (Å²) in [6.45, 7) is 14.9. The third kappa shape index (κ3) is 53.4.